The molecule has 0 amide bonds. The molecule has 1 rings (SSSR count). The molecule has 0 aromatic rings. The molecule has 0 bridgehead atoms. The Morgan fingerprint density at radius 1 is 1.31 bits per heavy atom. The van der Waals surface area contributed by atoms with Crippen molar-refractivity contribution in [2.75, 3.05) is 0 Å². The van der Waals surface area contributed by atoms with E-state index in [1.807, 2.05) is 13.0 Å². The van der Waals surface area contributed by atoms with Crippen molar-refractivity contribution < 1.29 is 0 Å². The lowest BCUT2D eigenvalue weighted by Gasteiger charge is -2.05. The minimum Gasteiger partial charge on any atom is -0.328 e. The molecule has 1 aliphatic carbocycles. The maximum Gasteiger partial charge on any atom is 0.0130 e. The van der Waals surface area contributed by atoms with Gasteiger partial charge in [0.15, 0.2) is 0 Å². The molecule has 2 N–H and O–H groups in total. The highest BCUT2D eigenvalue weighted by Gasteiger charge is 1.97. The number of halogens is 1. The molecule has 0 fully saturated rings. The Bertz CT molecular complexity index is 282. The van der Waals surface area contributed by atoms with Crippen molar-refractivity contribution in [3.8, 4) is 0 Å². The van der Waals surface area contributed by atoms with Crippen LogP contribution in [0.4, 0.5) is 0 Å². The molecule has 70 valence electrons. The van der Waals surface area contributed by atoms with Crippen molar-refractivity contribution in [1.82, 2.24) is 0 Å². The fourth-order valence-corrected chi connectivity index (χ4v) is 1.52. The van der Waals surface area contributed by atoms with Gasteiger partial charge in [0, 0.05) is 9.62 Å². The van der Waals surface area contributed by atoms with E-state index < -0.39 is 0 Å². The molecule has 0 aromatic heterocycles. The lowest BCUT2D eigenvalue weighted by molar-refractivity contribution is 0.741. The summed E-state index contributed by atoms with van der Waals surface area (Å²) in [6.45, 7) is 2.03. The fraction of sp³-hybridized carbons (Fsp3) is 0.273. The summed E-state index contributed by atoms with van der Waals surface area (Å²) in [5.74, 6) is 0. The van der Waals surface area contributed by atoms with Crippen LogP contribution in [0.2, 0.25) is 0 Å². The van der Waals surface area contributed by atoms with Gasteiger partial charge in [-0.05, 0) is 53.7 Å². The van der Waals surface area contributed by atoms with Crippen LogP contribution in [0, 0.1) is 0 Å². The van der Waals surface area contributed by atoms with Gasteiger partial charge in [0.25, 0.3) is 0 Å². The topological polar surface area (TPSA) is 26.0 Å². The predicted molar refractivity (Wildman–Crippen MR) is 66.7 cm³/mol. The third-order valence-electron chi connectivity index (χ3n) is 1.69. The van der Waals surface area contributed by atoms with Gasteiger partial charge in [0.1, 0.15) is 0 Å². The number of hydrogen-bond acceptors (Lipinski definition) is 1. The molecule has 0 aromatic carbocycles. The molecule has 0 saturated heterocycles. The first-order chi connectivity index (χ1) is 6.18. The van der Waals surface area contributed by atoms with E-state index in [1.165, 1.54) is 9.15 Å². The highest BCUT2D eigenvalue weighted by molar-refractivity contribution is 14.1. The van der Waals surface area contributed by atoms with Crippen LogP contribution in [0.5, 0.6) is 0 Å². The maximum atomic E-state index is 5.73. The van der Waals surface area contributed by atoms with Crippen LogP contribution < -0.4 is 5.73 Å². The predicted octanol–water partition coefficient (Wildman–Crippen LogP) is 3.10. The Morgan fingerprint density at radius 2 is 2.00 bits per heavy atom. The smallest absolute Gasteiger partial charge is 0.0130 e. The first-order valence-electron chi connectivity index (χ1n) is 4.35. The lowest BCUT2D eigenvalue weighted by atomic mass is 10.1. The van der Waals surface area contributed by atoms with Gasteiger partial charge in [-0.25, -0.2) is 0 Å². The molecule has 0 heterocycles. The number of rotatable bonds is 2. The second-order valence-electron chi connectivity index (χ2n) is 3.19. The van der Waals surface area contributed by atoms with Crippen LogP contribution in [0.15, 0.2) is 45.6 Å². The van der Waals surface area contributed by atoms with Crippen LogP contribution in [0.1, 0.15) is 13.3 Å². The standard InChI is InChI=1S/C11H14IN/c1-9(13)8-10-4-2-3-5-11(12)7-6-10/h2-7,9H,8,13H2,1H3/b3-2?,4-2?,5-3-,7-6?,10-4?,10-6+,11-5?,11-7+. The Labute approximate surface area is 93.2 Å². The molecular formula is C11H14IN. The van der Waals surface area contributed by atoms with Gasteiger partial charge >= 0.3 is 0 Å². The SMILES string of the molecule is CC(N)C/C1=C/C=C(I)\C=C/C=C1. The van der Waals surface area contributed by atoms with Crippen LogP contribution in [-0.2, 0) is 0 Å². The molecule has 2 heteroatoms. The normalized spacial score (nSPS) is 29.2. The van der Waals surface area contributed by atoms with Crippen LogP contribution >= 0.6 is 22.6 Å². The Morgan fingerprint density at radius 3 is 2.69 bits per heavy atom. The van der Waals surface area contributed by atoms with E-state index in [4.69, 9.17) is 5.73 Å². The van der Waals surface area contributed by atoms with E-state index in [9.17, 15) is 0 Å². The summed E-state index contributed by atoms with van der Waals surface area (Å²) in [5, 5.41) is 0. The van der Waals surface area contributed by atoms with Crippen molar-refractivity contribution in [2.45, 2.75) is 19.4 Å². The third kappa shape index (κ3) is 4.43. The van der Waals surface area contributed by atoms with Gasteiger partial charge in [-0.15, -0.1) is 0 Å². The second-order valence-corrected chi connectivity index (χ2v) is 4.44. The van der Waals surface area contributed by atoms with Gasteiger partial charge in [-0.2, -0.15) is 0 Å². The number of allylic oxidation sites excluding steroid dienone is 7. The highest BCUT2D eigenvalue weighted by Crippen LogP contribution is 2.14. The number of hydrogen-bond donors (Lipinski definition) is 1. The first kappa shape index (κ1) is 10.7. The second kappa shape index (κ2) is 5.40. The molecule has 0 spiro atoms. The average molecular weight is 287 g/mol. The summed E-state index contributed by atoms with van der Waals surface area (Å²) in [7, 11) is 0. The van der Waals surface area contributed by atoms with Crippen molar-refractivity contribution >= 4 is 22.6 Å². The van der Waals surface area contributed by atoms with E-state index in [1.54, 1.807) is 0 Å². The quantitative estimate of drug-likeness (QED) is 0.776. The lowest BCUT2D eigenvalue weighted by Crippen LogP contribution is -2.14. The van der Waals surface area contributed by atoms with E-state index in [-0.39, 0.29) is 6.04 Å². The first-order valence-corrected chi connectivity index (χ1v) is 5.43. The van der Waals surface area contributed by atoms with Crippen LogP contribution in [-0.4, -0.2) is 6.04 Å². The average Bonchev–Trinajstić information content (AvgIpc) is 2.03. The molecule has 0 aliphatic heterocycles. The summed E-state index contributed by atoms with van der Waals surface area (Å²) in [4.78, 5) is 0. The van der Waals surface area contributed by atoms with E-state index in [2.05, 4.69) is 53.0 Å². The van der Waals surface area contributed by atoms with E-state index in [0.29, 0.717) is 0 Å². The van der Waals surface area contributed by atoms with Crippen molar-refractivity contribution in [1.29, 1.82) is 0 Å². The minimum absolute atomic E-state index is 0.227. The zero-order valence-corrected chi connectivity index (χ0v) is 9.86. The molecule has 1 atom stereocenters. The van der Waals surface area contributed by atoms with Gasteiger partial charge in [0.05, 0.1) is 0 Å². The molecule has 1 nitrogen and oxygen atoms in total. The highest BCUT2D eigenvalue weighted by atomic mass is 127. The van der Waals surface area contributed by atoms with Crippen LogP contribution in [0.3, 0.4) is 0 Å². The van der Waals surface area contributed by atoms with E-state index in [0.717, 1.165) is 6.42 Å². The van der Waals surface area contributed by atoms with Crippen molar-refractivity contribution in [2.24, 2.45) is 5.73 Å². The Kier molecular flexibility index (Phi) is 4.45. The van der Waals surface area contributed by atoms with Crippen LogP contribution in [0.25, 0.3) is 0 Å². The summed E-state index contributed by atoms with van der Waals surface area (Å²) in [5.41, 5.74) is 7.02. The molecule has 1 unspecified atom stereocenters. The van der Waals surface area contributed by atoms with Gasteiger partial charge in [0.2, 0.25) is 0 Å². The third-order valence-corrected chi connectivity index (χ3v) is 2.41. The number of nitrogens with two attached hydrogens (primary N) is 1. The molecule has 0 radical (unpaired) electrons. The molecule has 1 aliphatic rings. The summed E-state index contributed by atoms with van der Waals surface area (Å²) in [6.07, 6.45) is 13.5. The van der Waals surface area contributed by atoms with Gasteiger partial charge in [-0.1, -0.05) is 24.3 Å². The molecule has 13 heavy (non-hydrogen) atoms. The fourth-order valence-electron chi connectivity index (χ4n) is 1.13. The minimum atomic E-state index is 0.227. The summed E-state index contributed by atoms with van der Waals surface area (Å²) >= 11 is 2.31. The maximum absolute atomic E-state index is 5.73. The van der Waals surface area contributed by atoms with Gasteiger partial charge < -0.3 is 5.73 Å². The van der Waals surface area contributed by atoms with Crippen molar-refractivity contribution in [3.63, 3.8) is 0 Å². The van der Waals surface area contributed by atoms with E-state index >= 15 is 0 Å². The Balaban J connectivity index is 2.73. The largest absolute Gasteiger partial charge is 0.328 e. The molecule has 0 saturated carbocycles. The van der Waals surface area contributed by atoms with Gasteiger partial charge in [-0.3, -0.25) is 0 Å². The Hall–Kier alpha value is -0.350. The monoisotopic (exact) mass is 287 g/mol. The zero-order valence-electron chi connectivity index (χ0n) is 7.70. The summed E-state index contributed by atoms with van der Waals surface area (Å²) in [6, 6.07) is 0.227. The molecular weight excluding hydrogens is 273 g/mol. The zero-order chi connectivity index (χ0) is 9.68. The summed E-state index contributed by atoms with van der Waals surface area (Å²) < 4.78 is 1.24. The van der Waals surface area contributed by atoms with Crippen molar-refractivity contribution in [3.05, 3.63) is 45.6 Å².